The fraction of sp³-hybridized carbons (Fsp3) is 0.0714. The van der Waals surface area contributed by atoms with Crippen LogP contribution in [0.15, 0.2) is 53.4 Å². The third kappa shape index (κ3) is 2.88. The van der Waals surface area contributed by atoms with Gasteiger partial charge in [-0.3, -0.25) is 4.79 Å². The summed E-state index contributed by atoms with van der Waals surface area (Å²) in [6.45, 7) is 0. The lowest BCUT2D eigenvalue weighted by Crippen LogP contribution is -2.05. The van der Waals surface area contributed by atoms with Crippen LogP contribution in [0.4, 0.5) is 4.39 Å². The molecule has 0 saturated heterocycles. The van der Waals surface area contributed by atoms with Gasteiger partial charge in [0.2, 0.25) is 0 Å². The molecule has 0 amide bonds. The molecular weight excluding hydrogens is 267 g/mol. The lowest BCUT2D eigenvalue weighted by molar-refractivity contribution is 0.103. The zero-order chi connectivity index (χ0) is 14.0. The minimum Gasteiger partial charge on any atom is -0.288 e. The average molecular weight is 278 g/mol. The molecule has 3 nitrogen and oxygen atoms in total. The van der Waals surface area contributed by atoms with Crippen LogP contribution in [0, 0.1) is 5.82 Å². The normalized spacial score (nSPS) is 11.3. The van der Waals surface area contributed by atoms with Crippen LogP contribution in [-0.4, -0.2) is 20.5 Å². The van der Waals surface area contributed by atoms with Gasteiger partial charge in [0.1, 0.15) is 5.82 Å². The first kappa shape index (κ1) is 13.4. The lowest BCUT2D eigenvalue weighted by atomic mass is 10.0. The second-order valence-electron chi connectivity index (χ2n) is 4.11. The van der Waals surface area contributed by atoms with Gasteiger partial charge >= 0.3 is 0 Å². The molecule has 0 aliphatic rings. The van der Waals surface area contributed by atoms with E-state index in [1.807, 2.05) is 0 Å². The molecule has 0 heterocycles. The molecule has 0 fully saturated rings. The van der Waals surface area contributed by atoms with Gasteiger partial charge in [0, 0.05) is 11.8 Å². The summed E-state index contributed by atoms with van der Waals surface area (Å²) >= 11 is 0. The van der Waals surface area contributed by atoms with Crippen molar-refractivity contribution >= 4 is 15.6 Å². The number of carbonyl (C=O) groups is 1. The highest BCUT2D eigenvalue weighted by Crippen LogP contribution is 2.16. The molecule has 0 aromatic heterocycles. The van der Waals surface area contributed by atoms with E-state index in [0.717, 1.165) is 6.26 Å². The number of rotatable bonds is 3. The molecular formula is C14H11FO3S. The fourth-order valence-corrected chi connectivity index (χ4v) is 2.28. The molecule has 2 aromatic rings. The van der Waals surface area contributed by atoms with E-state index in [1.165, 1.54) is 42.5 Å². The summed E-state index contributed by atoms with van der Waals surface area (Å²) in [6, 6.07) is 11.1. The van der Waals surface area contributed by atoms with Crippen LogP contribution in [0.2, 0.25) is 0 Å². The highest BCUT2D eigenvalue weighted by molar-refractivity contribution is 7.90. The van der Waals surface area contributed by atoms with Crippen molar-refractivity contribution in [1.29, 1.82) is 0 Å². The number of carbonyl (C=O) groups excluding carboxylic acids is 1. The molecule has 0 bridgehead atoms. The highest BCUT2D eigenvalue weighted by Gasteiger charge is 2.14. The molecule has 0 N–H and O–H groups in total. The summed E-state index contributed by atoms with van der Waals surface area (Å²) in [5.74, 6) is -1.07. The topological polar surface area (TPSA) is 51.2 Å². The van der Waals surface area contributed by atoms with E-state index < -0.39 is 21.4 Å². The molecule has 0 saturated carbocycles. The van der Waals surface area contributed by atoms with Gasteiger partial charge < -0.3 is 0 Å². The molecule has 0 unspecified atom stereocenters. The summed E-state index contributed by atoms with van der Waals surface area (Å²) in [6.07, 6.45) is 1.08. The smallest absolute Gasteiger partial charge is 0.195 e. The Kier molecular flexibility index (Phi) is 3.48. The second kappa shape index (κ2) is 4.93. The minimum absolute atomic E-state index is 0.0328. The maximum atomic E-state index is 13.5. The Bertz CT molecular complexity index is 719. The van der Waals surface area contributed by atoms with Gasteiger partial charge in [0.15, 0.2) is 15.6 Å². The van der Waals surface area contributed by atoms with Crippen molar-refractivity contribution in [2.75, 3.05) is 6.26 Å². The van der Waals surface area contributed by atoms with E-state index in [4.69, 9.17) is 0 Å². The van der Waals surface area contributed by atoms with E-state index in [1.54, 1.807) is 6.07 Å². The summed E-state index contributed by atoms with van der Waals surface area (Å²) in [5, 5.41) is 0. The number of hydrogen-bond acceptors (Lipinski definition) is 3. The Balaban J connectivity index is 2.39. The second-order valence-corrected chi connectivity index (χ2v) is 6.12. The number of sulfone groups is 1. The minimum atomic E-state index is -3.30. The molecule has 0 aliphatic heterocycles. The largest absolute Gasteiger partial charge is 0.288 e. The molecule has 19 heavy (non-hydrogen) atoms. The Labute approximate surface area is 110 Å². The van der Waals surface area contributed by atoms with E-state index in [2.05, 4.69) is 0 Å². The van der Waals surface area contributed by atoms with Crippen molar-refractivity contribution in [1.82, 2.24) is 0 Å². The molecule has 5 heteroatoms. The molecule has 0 aliphatic carbocycles. The van der Waals surface area contributed by atoms with Crippen LogP contribution >= 0.6 is 0 Å². The predicted molar refractivity (Wildman–Crippen MR) is 69.4 cm³/mol. The van der Waals surface area contributed by atoms with Gasteiger partial charge in [0.05, 0.1) is 10.5 Å². The molecule has 0 radical (unpaired) electrons. The van der Waals surface area contributed by atoms with Crippen LogP contribution in [0.3, 0.4) is 0 Å². The van der Waals surface area contributed by atoms with Crippen LogP contribution < -0.4 is 0 Å². The van der Waals surface area contributed by atoms with Crippen LogP contribution in [0.5, 0.6) is 0 Å². The van der Waals surface area contributed by atoms with Crippen LogP contribution in [0.25, 0.3) is 0 Å². The zero-order valence-electron chi connectivity index (χ0n) is 10.1. The summed E-state index contributed by atoms with van der Waals surface area (Å²) in [4.78, 5) is 12.2. The summed E-state index contributed by atoms with van der Waals surface area (Å²) in [5.41, 5.74) is 0.215. The van der Waals surface area contributed by atoms with Gasteiger partial charge in [-0.1, -0.05) is 12.1 Å². The highest BCUT2D eigenvalue weighted by atomic mass is 32.2. The fourth-order valence-electron chi connectivity index (χ4n) is 1.65. The van der Waals surface area contributed by atoms with Crippen LogP contribution in [-0.2, 0) is 9.84 Å². The first-order chi connectivity index (χ1) is 8.89. The van der Waals surface area contributed by atoms with E-state index >= 15 is 0 Å². The maximum Gasteiger partial charge on any atom is 0.195 e. The van der Waals surface area contributed by atoms with Crippen molar-refractivity contribution in [2.24, 2.45) is 0 Å². The number of hydrogen-bond donors (Lipinski definition) is 0. The Morgan fingerprint density at radius 1 is 1.00 bits per heavy atom. The maximum absolute atomic E-state index is 13.5. The Hall–Kier alpha value is -2.01. The third-order valence-corrected chi connectivity index (χ3v) is 3.79. The number of ketones is 1. The monoisotopic (exact) mass is 278 g/mol. The Morgan fingerprint density at radius 2 is 1.58 bits per heavy atom. The number of benzene rings is 2. The van der Waals surface area contributed by atoms with Gasteiger partial charge in [-0.05, 0) is 36.4 Å². The molecule has 0 spiro atoms. The molecule has 98 valence electrons. The lowest BCUT2D eigenvalue weighted by Gasteiger charge is -2.03. The predicted octanol–water partition coefficient (Wildman–Crippen LogP) is 2.46. The van der Waals surface area contributed by atoms with Gasteiger partial charge in [-0.25, -0.2) is 12.8 Å². The van der Waals surface area contributed by atoms with Crippen molar-refractivity contribution in [2.45, 2.75) is 4.90 Å². The van der Waals surface area contributed by atoms with Gasteiger partial charge in [0.25, 0.3) is 0 Å². The van der Waals surface area contributed by atoms with Crippen molar-refractivity contribution in [3.05, 3.63) is 65.5 Å². The van der Waals surface area contributed by atoms with Gasteiger partial charge in [-0.15, -0.1) is 0 Å². The third-order valence-electron chi connectivity index (χ3n) is 2.66. The molecule has 2 rings (SSSR count). The SMILES string of the molecule is CS(=O)(=O)c1ccc(C(=O)c2ccccc2F)cc1. The van der Waals surface area contributed by atoms with Crippen molar-refractivity contribution in [3.8, 4) is 0 Å². The molecule has 2 aromatic carbocycles. The molecule has 0 atom stereocenters. The summed E-state index contributed by atoms with van der Waals surface area (Å²) in [7, 11) is -3.30. The van der Waals surface area contributed by atoms with Crippen molar-refractivity contribution < 1.29 is 17.6 Å². The Morgan fingerprint density at radius 3 is 2.11 bits per heavy atom. The van der Waals surface area contributed by atoms with E-state index in [-0.39, 0.29) is 16.0 Å². The standard InChI is InChI=1S/C14H11FO3S/c1-19(17,18)11-8-6-10(7-9-11)14(16)12-4-2-3-5-13(12)15/h2-9H,1H3. The first-order valence-electron chi connectivity index (χ1n) is 5.49. The van der Waals surface area contributed by atoms with E-state index in [0.29, 0.717) is 0 Å². The van der Waals surface area contributed by atoms with E-state index in [9.17, 15) is 17.6 Å². The zero-order valence-corrected chi connectivity index (χ0v) is 10.9. The van der Waals surface area contributed by atoms with Crippen LogP contribution in [0.1, 0.15) is 15.9 Å². The number of halogens is 1. The van der Waals surface area contributed by atoms with Gasteiger partial charge in [-0.2, -0.15) is 0 Å². The first-order valence-corrected chi connectivity index (χ1v) is 7.38. The van der Waals surface area contributed by atoms with Crippen molar-refractivity contribution in [3.63, 3.8) is 0 Å². The summed E-state index contributed by atoms with van der Waals surface area (Å²) < 4.78 is 36.1. The average Bonchev–Trinajstić information content (AvgIpc) is 2.38. The quantitative estimate of drug-likeness (QED) is 0.810.